The van der Waals surface area contributed by atoms with Gasteiger partial charge in [0.25, 0.3) is 23.6 Å². The number of rotatable bonds is 0. The van der Waals surface area contributed by atoms with Crippen LogP contribution in [0.5, 0.6) is 0 Å². The molecule has 0 unspecified atom stereocenters. The molecule has 0 saturated heterocycles. The Hall–Kier alpha value is -3.42. The Morgan fingerprint density at radius 2 is 1.40 bits per heavy atom. The first-order valence-electron chi connectivity index (χ1n) is 7.83. The van der Waals surface area contributed by atoms with Crippen molar-refractivity contribution < 1.29 is 19.2 Å². The zero-order valence-corrected chi connectivity index (χ0v) is 13.1. The standard InChI is InChI=1S/C17H12N4O4/c1-21-16(24)7-3-2-6-8-9(7)11(17(21)25)13-12(18-4-5-19-13)10(8)15(23)20-14(6)22/h2-3,18-19H,4-5H2,1H3,(H,20,22,23). The second kappa shape index (κ2) is 4.35. The predicted octanol–water partition coefficient (Wildman–Crippen LogP) is 0.787. The van der Waals surface area contributed by atoms with Crippen molar-refractivity contribution >= 4 is 45.8 Å². The molecule has 3 N–H and O–H groups in total. The maximum Gasteiger partial charge on any atom is 0.263 e. The molecule has 5 rings (SSSR count). The van der Waals surface area contributed by atoms with Gasteiger partial charge >= 0.3 is 0 Å². The topological polar surface area (TPSA) is 108 Å². The van der Waals surface area contributed by atoms with Gasteiger partial charge in [-0.3, -0.25) is 29.4 Å². The van der Waals surface area contributed by atoms with E-state index in [0.717, 1.165) is 4.90 Å². The van der Waals surface area contributed by atoms with Crippen molar-refractivity contribution in [1.82, 2.24) is 10.2 Å². The van der Waals surface area contributed by atoms with Crippen LogP contribution in [-0.4, -0.2) is 48.7 Å². The Morgan fingerprint density at radius 1 is 0.800 bits per heavy atom. The van der Waals surface area contributed by atoms with Gasteiger partial charge in [-0.05, 0) is 12.1 Å². The number of benzene rings is 2. The van der Waals surface area contributed by atoms with Gasteiger partial charge in [0.1, 0.15) is 0 Å². The van der Waals surface area contributed by atoms with Crippen LogP contribution < -0.4 is 16.0 Å². The summed E-state index contributed by atoms with van der Waals surface area (Å²) in [5.74, 6) is -1.96. The molecule has 2 aromatic rings. The molecular formula is C17H12N4O4. The number of nitrogens with one attached hydrogen (secondary N) is 3. The van der Waals surface area contributed by atoms with E-state index in [1.54, 1.807) is 0 Å². The summed E-state index contributed by atoms with van der Waals surface area (Å²) in [5.41, 5.74) is 2.21. The summed E-state index contributed by atoms with van der Waals surface area (Å²) in [6.45, 7) is 1.15. The number of imide groups is 2. The van der Waals surface area contributed by atoms with Crippen LogP contribution in [0.2, 0.25) is 0 Å². The average molecular weight is 336 g/mol. The van der Waals surface area contributed by atoms with Gasteiger partial charge in [0.05, 0.1) is 22.5 Å². The Morgan fingerprint density at radius 3 is 2.12 bits per heavy atom. The van der Waals surface area contributed by atoms with Crippen LogP contribution >= 0.6 is 0 Å². The van der Waals surface area contributed by atoms with Crippen LogP contribution in [0.1, 0.15) is 41.4 Å². The number of hydrogen-bond acceptors (Lipinski definition) is 6. The van der Waals surface area contributed by atoms with E-state index in [2.05, 4.69) is 16.0 Å². The van der Waals surface area contributed by atoms with E-state index in [1.807, 2.05) is 0 Å². The van der Waals surface area contributed by atoms with Crippen LogP contribution in [0.15, 0.2) is 12.1 Å². The van der Waals surface area contributed by atoms with E-state index in [9.17, 15) is 19.2 Å². The lowest BCUT2D eigenvalue weighted by molar-refractivity contribution is 0.0649. The first-order chi connectivity index (χ1) is 12.0. The van der Waals surface area contributed by atoms with Crippen LogP contribution in [0.25, 0.3) is 10.8 Å². The summed E-state index contributed by atoms with van der Waals surface area (Å²) in [6.07, 6.45) is 0. The van der Waals surface area contributed by atoms with E-state index in [0.29, 0.717) is 51.9 Å². The molecule has 0 radical (unpaired) electrons. The molecule has 8 nitrogen and oxygen atoms in total. The van der Waals surface area contributed by atoms with E-state index in [1.165, 1.54) is 19.2 Å². The van der Waals surface area contributed by atoms with Gasteiger partial charge in [-0.1, -0.05) is 0 Å². The SMILES string of the molecule is CN1C(=O)c2ccc3c4c(c5c(c(c24)C1=O)NCCN5)C(=O)NC3=O. The second-order valence-corrected chi connectivity index (χ2v) is 6.22. The van der Waals surface area contributed by atoms with E-state index in [4.69, 9.17) is 0 Å². The number of carbonyl (C=O) groups is 4. The molecule has 0 saturated carbocycles. The molecule has 3 aliphatic heterocycles. The third kappa shape index (κ3) is 1.51. The predicted molar refractivity (Wildman–Crippen MR) is 89.1 cm³/mol. The third-order valence-corrected chi connectivity index (χ3v) is 4.94. The summed E-state index contributed by atoms with van der Waals surface area (Å²) in [7, 11) is 1.42. The first-order valence-corrected chi connectivity index (χ1v) is 7.83. The summed E-state index contributed by atoms with van der Waals surface area (Å²) in [5, 5.41) is 9.39. The quantitative estimate of drug-likeness (QED) is 0.614. The molecule has 25 heavy (non-hydrogen) atoms. The highest BCUT2D eigenvalue weighted by Crippen LogP contribution is 2.45. The van der Waals surface area contributed by atoms with Gasteiger partial charge in [0, 0.05) is 42.0 Å². The maximum atomic E-state index is 12.8. The van der Waals surface area contributed by atoms with Crippen molar-refractivity contribution in [1.29, 1.82) is 0 Å². The number of nitrogens with zero attached hydrogens (tertiary/aromatic N) is 1. The van der Waals surface area contributed by atoms with Crippen LogP contribution in [-0.2, 0) is 0 Å². The number of anilines is 2. The molecule has 0 aliphatic carbocycles. The van der Waals surface area contributed by atoms with Crippen molar-refractivity contribution in [3.63, 3.8) is 0 Å². The highest BCUT2D eigenvalue weighted by molar-refractivity contribution is 6.37. The van der Waals surface area contributed by atoms with Crippen molar-refractivity contribution in [2.24, 2.45) is 0 Å². The Kier molecular flexibility index (Phi) is 2.43. The van der Waals surface area contributed by atoms with Crippen LogP contribution in [0, 0.1) is 0 Å². The molecule has 8 heteroatoms. The monoisotopic (exact) mass is 336 g/mol. The van der Waals surface area contributed by atoms with Crippen LogP contribution in [0.3, 0.4) is 0 Å². The van der Waals surface area contributed by atoms with E-state index >= 15 is 0 Å². The van der Waals surface area contributed by atoms with Gasteiger partial charge in [0.2, 0.25) is 0 Å². The second-order valence-electron chi connectivity index (χ2n) is 6.22. The number of amides is 4. The molecular weight excluding hydrogens is 324 g/mol. The molecule has 0 spiro atoms. The van der Waals surface area contributed by atoms with Crippen molar-refractivity contribution in [3.8, 4) is 0 Å². The molecule has 2 aromatic carbocycles. The molecule has 3 aliphatic rings. The fraction of sp³-hybridized carbons (Fsp3) is 0.176. The number of fused-ring (bicyclic) bond motifs is 3. The van der Waals surface area contributed by atoms with Crippen LogP contribution in [0.4, 0.5) is 11.4 Å². The minimum absolute atomic E-state index is 0.287. The Balaban J connectivity index is 2.08. The smallest absolute Gasteiger partial charge is 0.263 e. The van der Waals surface area contributed by atoms with Crippen molar-refractivity contribution in [3.05, 3.63) is 34.4 Å². The van der Waals surface area contributed by atoms with Crippen molar-refractivity contribution in [2.45, 2.75) is 0 Å². The normalized spacial score (nSPS) is 17.9. The number of hydrogen-bond donors (Lipinski definition) is 3. The van der Waals surface area contributed by atoms with E-state index < -0.39 is 23.6 Å². The molecule has 0 atom stereocenters. The highest BCUT2D eigenvalue weighted by atomic mass is 16.2. The van der Waals surface area contributed by atoms with Gasteiger partial charge < -0.3 is 10.6 Å². The molecule has 0 bridgehead atoms. The molecule has 0 aromatic heterocycles. The lowest BCUT2D eigenvalue weighted by Gasteiger charge is -2.33. The molecule has 0 fully saturated rings. The summed E-state index contributed by atoms with van der Waals surface area (Å²) >= 11 is 0. The summed E-state index contributed by atoms with van der Waals surface area (Å²) in [6, 6.07) is 3.06. The Labute approximate surface area is 141 Å². The Bertz CT molecular complexity index is 1070. The fourth-order valence-electron chi connectivity index (χ4n) is 3.83. The zero-order chi connectivity index (χ0) is 17.5. The van der Waals surface area contributed by atoms with Crippen molar-refractivity contribution in [2.75, 3.05) is 30.8 Å². The highest BCUT2D eigenvalue weighted by Gasteiger charge is 2.40. The molecule has 3 heterocycles. The van der Waals surface area contributed by atoms with Gasteiger partial charge in [0.15, 0.2) is 0 Å². The third-order valence-electron chi connectivity index (χ3n) is 4.94. The van der Waals surface area contributed by atoms with Gasteiger partial charge in [-0.15, -0.1) is 0 Å². The average Bonchev–Trinajstić information content (AvgIpc) is 2.61. The van der Waals surface area contributed by atoms with E-state index in [-0.39, 0.29) is 5.56 Å². The molecule has 124 valence electrons. The minimum atomic E-state index is -0.535. The van der Waals surface area contributed by atoms with Gasteiger partial charge in [-0.25, -0.2) is 0 Å². The first kappa shape index (κ1) is 14.0. The molecule has 4 amide bonds. The summed E-state index contributed by atoms with van der Waals surface area (Å²) in [4.78, 5) is 51.2. The fourth-order valence-corrected chi connectivity index (χ4v) is 3.83. The zero-order valence-electron chi connectivity index (χ0n) is 13.1. The minimum Gasteiger partial charge on any atom is -0.381 e. The lowest BCUT2D eigenvalue weighted by atomic mass is 9.84. The maximum absolute atomic E-state index is 12.8. The lowest BCUT2D eigenvalue weighted by Crippen LogP contribution is -2.41. The van der Waals surface area contributed by atoms with Gasteiger partial charge in [-0.2, -0.15) is 0 Å². The largest absolute Gasteiger partial charge is 0.381 e. The summed E-state index contributed by atoms with van der Waals surface area (Å²) < 4.78 is 0. The number of carbonyl (C=O) groups excluding carboxylic acids is 4.